The first-order valence-electron chi connectivity index (χ1n) is 2.39. The summed E-state index contributed by atoms with van der Waals surface area (Å²) in [5.41, 5.74) is 0. The monoisotopic (exact) mass is 140 g/mol. The van der Waals surface area contributed by atoms with Crippen LogP contribution < -0.4 is 0 Å². The molecule has 0 saturated heterocycles. The van der Waals surface area contributed by atoms with E-state index in [0.29, 0.717) is 0 Å². The van der Waals surface area contributed by atoms with Gasteiger partial charge in [-0.25, -0.2) is 0 Å². The van der Waals surface area contributed by atoms with Gasteiger partial charge in [-0.2, -0.15) is 0 Å². The third-order valence-corrected chi connectivity index (χ3v) is 0.654. The summed E-state index contributed by atoms with van der Waals surface area (Å²) < 4.78 is 37.0. The Bertz CT molecular complexity index is 105. The number of allylic oxidation sites excluding steroid dienone is 1. The predicted octanol–water partition coefficient (Wildman–Crippen LogP) is 2.45. The lowest BCUT2D eigenvalue weighted by molar-refractivity contribution is -0.306. The molecule has 0 aliphatic carbocycles. The first-order chi connectivity index (χ1) is 3.95. The number of halogens is 3. The zero-order chi connectivity index (χ0) is 7.49. The molecular weight excluding hydrogens is 133 g/mol. The maximum atomic E-state index is 11.2. The van der Waals surface area contributed by atoms with Crippen LogP contribution >= 0.6 is 0 Å². The molecule has 0 aromatic heterocycles. The number of hydrogen-bond donors (Lipinski definition) is 0. The van der Waals surface area contributed by atoms with E-state index >= 15 is 0 Å². The smallest absolute Gasteiger partial charge is 0.411 e. The second kappa shape index (κ2) is 2.75. The van der Waals surface area contributed by atoms with Gasteiger partial charge >= 0.3 is 6.36 Å². The maximum Gasteiger partial charge on any atom is 0.572 e. The van der Waals surface area contributed by atoms with E-state index in [1.807, 2.05) is 0 Å². The third kappa shape index (κ3) is 5.20. The van der Waals surface area contributed by atoms with Gasteiger partial charge in [-0.1, -0.05) is 13.5 Å². The zero-order valence-corrected chi connectivity index (χ0v) is 4.96. The molecule has 0 aromatic carbocycles. The van der Waals surface area contributed by atoms with Crippen molar-refractivity contribution >= 4 is 0 Å². The number of ether oxygens (including phenoxy) is 1. The van der Waals surface area contributed by atoms with Gasteiger partial charge in [-0.3, -0.25) is 0 Å². The Balaban J connectivity index is 3.60. The minimum atomic E-state index is -4.58. The van der Waals surface area contributed by atoms with Gasteiger partial charge in [0.15, 0.2) is 0 Å². The van der Waals surface area contributed by atoms with Gasteiger partial charge in [-0.05, 0) is 0 Å². The van der Waals surface area contributed by atoms with Crippen LogP contribution in [0.15, 0.2) is 12.3 Å². The molecule has 0 radical (unpaired) electrons. The van der Waals surface area contributed by atoms with E-state index in [9.17, 15) is 13.2 Å². The molecule has 0 bridgehead atoms. The maximum absolute atomic E-state index is 11.2. The van der Waals surface area contributed by atoms with E-state index in [1.54, 1.807) is 0 Å². The highest BCUT2D eigenvalue weighted by atomic mass is 19.4. The van der Waals surface area contributed by atoms with Crippen LogP contribution in [0.3, 0.4) is 0 Å². The molecule has 0 heterocycles. The Morgan fingerprint density at radius 2 is 2.00 bits per heavy atom. The van der Waals surface area contributed by atoms with Crippen molar-refractivity contribution in [1.82, 2.24) is 0 Å². The Kier molecular flexibility index (Phi) is 2.55. The predicted molar refractivity (Wildman–Crippen MR) is 26.6 cm³/mol. The first-order valence-corrected chi connectivity index (χ1v) is 2.39. The summed E-state index contributed by atoms with van der Waals surface area (Å²) in [6, 6.07) is 0. The molecule has 0 amide bonds. The summed E-state index contributed by atoms with van der Waals surface area (Å²) in [5, 5.41) is 0. The molecule has 0 N–H and O–H groups in total. The lowest BCUT2D eigenvalue weighted by Gasteiger charge is -2.08. The lowest BCUT2D eigenvalue weighted by atomic mass is 10.4. The third-order valence-electron chi connectivity index (χ3n) is 0.654. The normalized spacial score (nSPS) is 11.1. The van der Waals surface area contributed by atoms with Gasteiger partial charge in [0.25, 0.3) is 0 Å². The van der Waals surface area contributed by atoms with Crippen molar-refractivity contribution in [2.24, 2.45) is 0 Å². The highest BCUT2D eigenvalue weighted by Crippen LogP contribution is 2.20. The Morgan fingerprint density at radius 3 is 2.11 bits per heavy atom. The van der Waals surface area contributed by atoms with Crippen molar-refractivity contribution in [3.05, 3.63) is 12.3 Å². The summed E-state index contributed by atoms with van der Waals surface area (Å²) in [6.45, 7) is 4.55. The Morgan fingerprint density at radius 1 is 1.56 bits per heavy atom. The van der Waals surface area contributed by atoms with Gasteiger partial charge in [0, 0.05) is 6.42 Å². The Hall–Kier alpha value is -0.670. The molecule has 0 fully saturated rings. The fraction of sp³-hybridized carbons (Fsp3) is 0.600. The molecule has 0 spiro atoms. The molecule has 0 unspecified atom stereocenters. The lowest BCUT2D eigenvalue weighted by Crippen LogP contribution is -2.11. The Labute approximate surface area is 51.1 Å². The molecule has 0 aliphatic heterocycles. The van der Waals surface area contributed by atoms with E-state index in [0.717, 1.165) is 0 Å². The number of rotatable bonds is 2. The van der Waals surface area contributed by atoms with Gasteiger partial charge in [0.2, 0.25) is 0 Å². The van der Waals surface area contributed by atoms with Crippen molar-refractivity contribution in [1.29, 1.82) is 0 Å². The van der Waals surface area contributed by atoms with Gasteiger partial charge in [0.05, 0.1) is 5.76 Å². The molecule has 0 atom stereocenters. The van der Waals surface area contributed by atoms with E-state index in [-0.39, 0.29) is 12.2 Å². The van der Waals surface area contributed by atoms with Crippen LogP contribution in [0.25, 0.3) is 0 Å². The van der Waals surface area contributed by atoms with Crippen molar-refractivity contribution < 1.29 is 17.9 Å². The van der Waals surface area contributed by atoms with E-state index in [2.05, 4.69) is 11.3 Å². The van der Waals surface area contributed by atoms with E-state index in [4.69, 9.17) is 0 Å². The average Bonchev–Trinajstić information content (AvgIpc) is 1.62. The quantitative estimate of drug-likeness (QED) is 0.535. The second-order valence-electron chi connectivity index (χ2n) is 1.44. The SMILES string of the molecule is C=C(CC)OC(F)(F)F. The molecule has 0 aromatic rings. The summed E-state index contributed by atoms with van der Waals surface area (Å²) >= 11 is 0. The molecule has 0 rings (SSSR count). The topological polar surface area (TPSA) is 9.23 Å². The van der Waals surface area contributed by atoms with Crippen LogP contribution in [-0.4, -0.2) is 6.36 Å². The van der Waals surface area contributed by atoms with Crippen molar-refractivity contribution in [2.75, 3.05) is 0 Å². The van der Waals surface area contributed by atoms with E-state index < -0.39 is 6.36 Å². The zero-order valence-electron chi connectivity index (χ0n) is 4.96. The van der Waals surface area contributed by atoms with Crippen molar-refractivity contribution in [3.8, 4) is 0 Å². The average molecular weight is 140 g/mol. The number of hydrogen-bond acceptors (Lipinski definition) is 1. The summed E-state index contributed by atoms with van der Waals surface area (Å²) in [7, 11) is 0. The highest BCUT2D eigenvalue weighted by Gasteiger charge is 2.30. The van der Waals surface area contributed by atoms with Crippen LogP contribution in [0.4, 0.5) is 13.2 Å². The van der Waals surface area contributed by atoms with Crippen LogP contribution in [0.1, 0.15) is 13.3 Å². The minimum Gasteiger partial charge on any atom is -0.411 e. The molecular formula is C5H7F3O. The highest BCUT2D eigenvalue weighted by molar-refractivity contribution is 4.79. The molecule has 1 nitrogen and oxygen atoms in total. The fourth-order valence-electron chi connectivity index (χ4n) is 0.236. The molecule has 4 heteroatoms. The molecule has 54 valence electrons. The van der Waals surface area contributed by atoms with Crippen LogP contribution in [0.5, 0.6) is 0 Å². The summed E-state index contributed by atoms with van der Waals surface area (Å²) in [5.74, 6) is -0.262. The molecule has 0 saturated carbocycles. The van der Waals surface area contributed by atoms with Gasteiger partial charge in [0.1, 0.15) is 0 Å². The number of alkyl halides is 3. The van der Waals surface area contributed by atoms with Crippen LogP contribution in [0, 0.1) is 0 Å². The largest absolute Gasteiger partial charge is 0.572 e. The minimum absolute atomic E-state index is 0.180. The van der Waals surface area contributed by atoms with Crippen molar-refractivity contribution in [3.63, 3.8) is 0 Å². The van der Waals surface area contributed by atoms with E-state index in [1.165, 1.54) is 6.92 Å². The van der Waals surface area contributed by atoms with Crippen molar-refractivity contribution in [2.45, 2.75) is 19.7 Å². The van der Waals surface area contributed by atoms with Gasteiger partial charge < -0.3 is 4.74 Å². The van der Waals surface area contributed by atoms with Crippen LogP contribution in [-0.2, 0) is 4.74 Å². The second-order valence-corrected chi connectivity index (χ2v) is 1.44. The molecule has 9 heavy (non-hydrogen) atoms. The molecule has 0 aliphatic rings. The summed E-state index contributed by atoms with van der Waals surface area (Å²) in [4.78, 5) is 0. The van der Waals surface area contributed by atoms with Gasteiger partial charge in [-0.15, -0.1) is 13.2 Å². The fourth-order valence-corrected chi connectivity index (χ4v) is 0.236. The first kappa shape index (κ1) is 8.33. The standard InChI is InChI=1S/C5H7F3O/c1-3-4(2)9-5(6,7)8/h2-3H2,1H3. The van der Waals surface area contributed by atoms with Crippen LogP contribution in [0.2, 0.25) is 0 Å². The summed E-state index contributed by atoms with van der Waals surface area (Å²) in [6.07, 6.45) is -4.40.